The lowest BCUT2D eigenvalue weighted by molar-refractivity contribution is 0.122. The van der Waals surface area contributed by atoms with E-state index < -0.39 is 0 Å². The molecule has 2 N–H and O–H groups in total. The zero-order valence-electron chi connectivity index (χ0n) is 14.1. The highest BCUT2D eigenvalue weighted by Crippen LogP contribution is 2.34. The molecule has 5 heterocycles. The summed E-state index contributed by atoms with van der Waals surface area (Å²) in [6.07, 6.45) is 7.50. The topological polar surface area (TPSA) is 82.7 Å². The second-order valence-corrected chi connectivity index (χ2v) is 6.25. The third-order valence-electron chi connectivity index (χ3n) is 4.71. The number of nitrogens with zero attached hydrogens (tertiary/aromatic N) is 4. The molecule has 4 aromatic rings. The van der Waals surface area contributed by atoms with Gasteiger partial charge in [0.05, 0.1) is 18.9 Å². The van der Waals surface area contributed by atoms with Crippen LogP contribution in [0.3, 0.4) is 0 Å². The average molecular weight is 346 g/mol. The predicted octanol–water partition coefficient (Wildman–Crippen LogP) is 2.85. The van der Waals surface area contributed by atoms with Crippen LogP contribution in [-0.4, -0.2) is 51.5 Å². The van der Waals surface area contributed by atoms with Crippen LogP contribution in [-0.2, 0) is 4.74 Å². The molecule has 1 saturated heterocycles. The van der Waals surface area contributed by atoms with Crippen LogP contribution in [0.15, 0.2) is 49.1 Å². The van der Waals surface area contributed by atoms with E-state index in [1.54, 1.807) is 6.20 Å². The Labute approximate surface area is 150 Å². The van der Waals surface area contributed by atoms with E-state index in [2.05, 4.69) is 37.2 Å². The first-order valence-corrected chi connectivity index (χ1v) is 8.65. The van der Waals surface area contributed by atoms with Gasteiger partial charge in [-0.15, -0.1) is 0 Å². The zero-order valence-corrected chi connectivity index (χ0v) is 14.1. The Morgan fingerprint density at radius 3 is 2.77 bits per heavy atom. The monoisotopic (exact) mass is 346 g/mol. The number of aromatic nitrogens is 5. The molecule has 5 rings (SSSR count). The number of H-pyrrole nitrogens is 2. The molecule has 0 aromatic carbocycles. The fourth-order valence-electron chi connectivity index (χ4n) is 3.41. The second kappa shape index (κ2) is 6.27. The van der Waals surface area contributed by atoms with E-state index in [0.29, 0.717) is 0 Å². The minimum Gasteiger partial charge on any atom is -0.378 e. The van der Waals surface area contributed by atoms with Crippen molar-refractivity contribution < 1.29 is 4.74 Å². The highest BCUT2D eigenvalue weighted by molar-refractivity contribution is 6.01. The number of rotatable bonds is 3. The van der Waals surface area contributed by atoms with Gasteiger partial charge in [0, 0.05) is 43.3 Å². The van der Waals surface area contributed by atoms with Crippen molar-refractivity contribution in [3.05, 3.63) is 49.1 Å². The molecule has 0 unspecified atom stereocenters. The molecule has 26 heavy (non-hydrogen) atoms. The van der Waals surface area contributed by atoms with Crippen molar-refractivity contribution >= 4 is 16.7 Å². The number of aromatic amines is 2. The van der Waals surface area contributed by atoms with Crippen LogP contribution < -0.4 is 4.90 Å². The molecule has 1 aliphatic rings. The van der Waals surface area contributed by atoms with Gasteiger partial charge in [-0.2, -0.15) is 5.10 Å². The Morgan fingerprint density at radius 2 is 2.00 bits per heavy atom. The van der Waals surface area contributed by atoms with Crippen molar-refractivity contribution in [2.75, 3.05) is 31.2 Å². The highest BCUT2D eigenvalue weighted by atomic mass is 16.5. The van der Waals surface area contributed by atoms with E-state index in [0.717, 1.165) is 65.5 Å². The van der Waals surface area contributed by atoms with E-state index in [4.69, 9.17) is 9.72 Å². The number of hydrogen-bond acceptors (Lipinski definition) is 5. The van der Waals surface area contributed by atoms with Gasteiger partial charge in [-0.3, -0.25) is 10.1 Å². The molecule has 7 nitrogen and oxygen atoms in total. The van der Waals surface area contributed by atoms with Gasteiger partial charge >= 0.3 is 0 Å². The fourth-order valence-corrected chi connectivity index (χ4v) is 3.41. The Bertz CT molecular complexity index is 1020. The lowest BCUT2D eigenvalue weighted by Crippen LogP contribution is -2.36. The van der Waals surface area contributed by atoms with Crippen LogP contribution in [0.2, 0.25) is 0 Å². The molecule has 0 amide bonds. The van der Waals surface area contributed by atoms with Gasteiger partial charge in [0.15, 0.2) is 0 Å². The molecule has 0 atom stereocenters. The minimum atomic E-state index is 0.722. The minimum absolute atomic E-state index is 0.722. The standard InChI is InChI=1S/C19H18N6O/c1-4-20-12-13(1)15-11-17(25-7-9-26-10-8-25)23-18-14(15)2-5-21-19(18)16-3-6-22-24-16/h1-6,11-12,20H,7-10H2,(H,22,24). The van der Waals surface area contributed by atoms with Gasteiger partial charge < -0.3 is 14.6 Å². The lowest BCUT2D eigenvalue weighted by Gasteiger charge is -2.28. The highest BCUT2D eigenvalue weighted by Gasteiger charge is 2.18. The van der Waals surface area contributed by atoms with Crippen LogP contribution in [0, 0.1) is 0 Å². The van der Waals surface area contributed by atoms with Gasteiger partial charge in [-0.25, -0.2) is 4.98 Å². The SMILES string of the molecule is c1cc(-c2nccc3c(-c4cc[nH]c4)cc(N4CCOCC4)nc23)[nH]n1. The number of nitrogens with one attached hydrogen (secondary N) is 2. The summed E-state index contributed by atoms with van der Waals surface area (Å²) in [6.45, 7) is 3.12. The number of hydrogen-bond donors (Lipinski definition) is 2. The van der Waals surface area contributed by atoms with Gasteiger partial charge in [0.2, 0.25) is 0 Å². The number of pyridine rings is 2. The third kappa shape index (κ3) is 2.53. The van der Waals surface area contributed by atoms with Crippen molar-refractivity contribution in [2.24, 2.45) is 0 Å². The number of fused-ring (bicyclic) bond motifs is 1. The predicted molar refractivity (Wildman–Crippen MR) is 99.9 cm³/mol. The van der Waals surface area contributed by atoms with Crippen LogP contribution >= 0.6 is 0 Å². The molecule has 0 bridgehead atoms. The normalized spacial score (nSPS) is 14.8. The Kier molecular flexibility index (Phi) is 3.64. The summed E-state index contributed by atoms with van der Waals surface area (Å²) in [5, 5.41) is 8.14. The van der Waals surface area contributed by atoms with E-state index in [-0.39, 0.29) is 0 Å². The number of morpholine rings is 1. The average Bonchev–Trinajstić information content (AvgIpc) is 3.41. The molecule has 0 aliphatic carbocycles. The van der Waals surface area contributed by atoms with Gasteiger partial charge in [-0.1, -0.05) is 0 Å². The van der Waals surface area contributed by atoms with Gasteiger partial charge in [-0.05, 0) is 35.4 Å². The molecule has 0 spiro atoms. The second-order valence-electron chi connectivity index (χ2n) is 6.25. The maximum absolute atomic E-state index is 5.49. The maximum Gasteiger partial charge on any atom is 0.130 e. The van der Waals surface area contributed by atoms with Crippen molar-refractivity contribution in [1.29, 1.82) is 0 Å². The van der Waals surface area contributed by atoms with Crippen LogP contribution in [0.5, 0.6) is 0 Å². The number of ether oxygens (including phenoxy) is 1. The smallest absolute Gasteiger partial charge is 0.130 e. The van der Waals surface area contributed by atoms with Crippen LogP contribution in [0.1, 0.15) is 0 Å². The molecule has 7 heteroatoms. The molecule has 130 valence electrons. The summed E-state index contributed by atoms with van der Waals surface area (Å²) in [7, 11) is 0. The molecular formula is C19H18N6O. The zero-order chi connectivity index (χ0) is 17.3. The lowest BCUT2D eigenvalue weighted by atomic mass is 10.0. The first kappa shape index (κ1) is 15.1. The summed E-state index contributed by atoms with van der Waals surface area (Å²) < 4.78 is 5.49. The van der Waals surface area contributed by atoms with E-state index >= 15 is 0 Å². The van der Waals surface area contributed by atoms with Gasteiger partial charge in [0.25, 0.3) is 0 Å². The van der Waals surface area contributed by atoms with E-state index in [9.17, 15) is 0 Å². The van der Waals surface area contributed by atoms with Crippen LogP contribution in [0.25, 0.3) is 33.4 Å². The summed E-state index contributed by atoms with van der Waals surface area (Å²) in [5.74, 6) is 0.950. The van der Waals surface area contributed by atoms with E-state index in [1.165, 1.54) is 0 Å². The van der Waals surface area contributed by atoms with Crippen molar-refractivity contribution in [3.63, 3.8) is 0 Å². The first-order chi connectivity index (χ1) is 12.9. The van der Waals surface area contributed by atoms with Crippen molar-refractivity contribution in [2.45, 2.75) is 0 Å². The first-order valence-electron chi connectivity index (χ1n) is 8.65. The Balaban J connectivity index is 1.77. The quantitative estimate of drug-likeness (QED) is 0.596. The third-order valence-corrected chi connectivity index (χ3v) is 4.71. The summed E-state index contributed by atoms with van der Waals surface area (Å²) in [5.41, 5.74) is 4.82. The summed E-state index contributed by atoms with van der Waals surface area (Å²) in [6, 6.07) is 8.18. The summed E-state index contributed by atoms with van der Waals surface area (Å²) >= 11 is 0. The molecule has 0 saturated carbocycles. The van der Waals surface area contributed by atoms with Crippen LogP contribution in [0.4, 0.5) is 5.82 Å². The maximum atomic E-state index is 5.49. The van der Waals surface area contributed by atoms with E-state index in [1.807, 2.05) is 30.7 Å². The Hall–Kier alpha value is -3.19. The molecular weight excluding hydrogens is 328 g/mol. The largest absolute Gasteiger partial charge is 0.378 e. The van der Waals surface area contributed by atoms with Crippen molar-refractivity contribution in [3.8, 4) is 22.5 Å². The van der Waals surface area contributed by atoms with Gasteiger partial charge in [0.1, 0.15) is 17.0 Å². The number of anilines is 1. The van der Waals surface area contributed by atoms with Crippen molar-refractivity contribution in [1.82, 2.24) is 25.1 Å². The fraction of sp³-hybridized carbons (Fsp3) is 0.211. The Morgan fingerprint density at radius 1 is 1.08 bits per heavy atom. The molecule has 1 fully saturated rings. The summed E-state index contributed by atoms with van der Waals surface area (Å²) in [4.78, 5) is 15.0. The molecule has 4 aromatic heterocycles. The molecule has 0 radical (unpaired) electrons. The molecule has 1 aliphatic heterocycles.